The predicted molar refractivity (Wildman–Crippen MR) is 169 cm³/mol. The number of nitrogens with one attached hydrogen (secondary N) is 2. The number of amides is 2. The van der Waals surface area contributed by atoms with Gasteiger partial charge in [-0.3, -0.25) is 4.79 Å². The van der Waals surface area contributed by atoms with E-state index in [9.17, 15) is 37.4 Å². The highest BCUT2D eigenvalue weighted by Crippen LogP contribution is 2.46. The van der Waals surface area contributed by atoms with Crippen LogP contribution in [0.4, 0.5) is 22.4 Å². The molecule has 2 unspecified atom stereocenters. The van der Waals surface area contributed by atoms with E-state index in [2.05, 4.69) is 15.6 Å². The smallest absolute Gasteiger partial charge is 0.424 e. The van der Waals surface area contributed by atoms with Crippen molar-refractivity contribution in [3.05, 3.63) is 71.2 Å². The molecular weight excluding hydrogens is 654 g/mol. The summed E-state index contributed by atoms with van der Waals surface area (Å²) in [6.45, 7) is 6.59. The second-order valence-corrected chi connectivity index (χ2v) is 12.9. The maximum Gasteiger partial charge on any atom is 0.424 e. The molecule has 266 valence electrons. The number of rotatable bonds is 10. The summed E-state index contributed by atoms with van der Waals surface area (Å²) in [5.41, 5.74) is -7.00. The van der Waals surface area contributed by atoms with Crippen molar-refractivity contribution in [2.75, 3.05) is 26.9 Å². The summed E-state index contributed by atoms with van der Waals surface area (Å²) in [7, 11) is 1.30. The molecule has 1 aliphatic heterocycles. The maximum atomic E-state index is 14.9. The van der Waals surface area contributed by atoms with Crippen molar-refractivity contribution >= 4 is 12.0 Å². The number of carbonyl (C=O) groups excluding carboxylic acids is 2. The molecule has 0 aliphatic carbocycles. The Labute approximate surface area is 280 Å². The van der Waals surface area contributed by atoms with Gasteiger partial charge in [0.15, 0.2) is 17.2 Å². The fourth-order valence-corrected chi connectivity index (χ4v) is 5.04. The fraction of sp³-hybridized carbons (Fsp3) is 0.441. The van der Waals surface area contributed by atoms with E-state index in [0.29, 0.717) is 0 Å². The molecule has 2 heterocycles. The van der Waals surface area contributed by atoms with Gasteiger partial charge in [0.25, 0.3) is 5.91 Å². The number of methoxy groups -OCH3 is 1. The molecule has 0 saturated heterocycles. The number of alkyl halides is 3. The third-order valence-corrected chi connectivity index (χ3v) is 7.61. The number of ether oxygens (including phenoxy) is 4. The SMILES string of the molecule is COc1cc(C(=O)NCC(O)(c2cc3c(c(-c4ccc(F)cc4)n2)OCCC3(C)NC(=O)OC(C)(C)C)C(F)(F)F)ccc1OC[C@@H](C)O. The van der Waals surface area contributed by atoms with Crippen LogP contribution in [0, 0.1) is 5.82 Å². The minimum Gasteiger partial charge on any atom is -0.493 e. The lowest BCUT2D eigenvalue weighted by atomic mass is 9.83. The molecule has 4 rings (SSSR count). The predicted octanol–water partition coefficient (Wildman–Crippen LogP) is 5.36. The number of hydrogen-bond donors (Lipinski definition) is 4. The first-order valence-electron chi connectivity index (χ1n) is 15.3. The van der Waals surface area contributed by atoms with Gasteiger partial charge < -0.3 is 39.8 Å². The number of nitrogens with zero attached hydrogens (tertiary/aromatic N) is 1. The van der Waals surface area contributed by atoms with Crippen LogP contribution in [0.2, 0.25) is 0 Å². The lowest BCUT2D eigenvalue weighted by molar-refractivity contribution is -0.265. The second kappa shape index (κ2) is 14.1. The summed E-state index contributed by atoms with van der Waals surface area (Å²) >= 11 is 0. The highest BCUT2D eigenvalue weighted by Gasteiger charge is 2.57. The van der Waals surface area contributed by atoms with Crippen LogP contribution in [0.15, 0.2) is 48.5 Å². The van der Waals surface area contributed by atoms with E-state index < -0.39 is 59.1 Å². The Morgan fingerprint density at radius 2 is 1.76 bits per heavy atom. The van der Waals surface area contributed by atoms with E-state index in [-0.39, 0.29) is 59.3 Å². The van der Waals surface area contributed by atoms with Gasteiger partial charge in [0, 0.05) is 23.1 Å². The third-order valence-electron chi connectivity index (χ3n) is 7.61. The van der Waals surface area contributed by atoms with Gasteiger partial charge in [0.2, 0.25) is 5.60 Å². The van der Waals surface area contributed by atoms with Crippen LogP contribution < -0.4 is 24.8 Å². The van der Waals surface area contributed by atoms with Crippen LogP contribution in [-0.4, -0.2) is 71.9 Å². The monoisotopic (exact) mass is 693 g/mol. The quantitative estimate of drug-likeness (QED) is 0.206. The summed E-state index contributed by atoms with van der Waals surface area (Å²) < 4.78 is 80.5. The van der Waals surface area contributed by atoms with Crippen LogP contribution >= 0.6 is 0 Å². The molecule has 4 N–H and O–H groups in total. The number of fused-ring (bicyclic) bond motifs is 1. The summed E-state index contributed by atoms with van der Waals surface area (Å²) in [5.74, 6) is -1.32. The molecule has 1 aromatic heterocycles. The molecule has 3 atom stereocenters. The number of alkyl carbamates (subject to hydrolysis) is 1. The highest BCUT2D eigenvalue weighted by molar-refractivity contribution is 5.95. The fourth-order valence-electron chi connectivity index (χ4n) is 5.04. The molecule has 15 heteroatoms. The topological polar surface area (TPSA) is 148 Å². The minimum atomic E-state index is -5.39. The van der Waals surface area contributed by atoms with E-state index in [1.54, 1.807) is 27.7 Å². The van der Waals surface area contributed by atoms with Crippen molar-refractivity contribution in [1.29, 1.82) is 0 Å². The molecule has 0 bridgehead atoms. The number of benzene rings is 2. The average Bonchev–Trinajstić information content (AvgIpc) is 3.00. The molecule has 0 radical (unpaired) electrons. The van der Waals surface area contributed by atoms with Gasteiger partial charge >= 0.3 is 12.3 Å². The van der Waals surface area contributed by atoms with Crippen molar-refractivity contribution in [2.45, 2.75) is 70.1 Å². The van der Waals surface area contributed by atoms with Crippen LogP contribution in [0.3, 0.4) is 0 Å². The number of hydrogen-bond acceptors (Lipinski definition) is 9. The first-order chi connectivity index (χ1) is 22.8. The number of carbonyl (C=O) groups is 2. The van der Waals surface area contributed by atoms with Crippen LogP contribution in [0.5, 0.6) is 17.2 Å². The normalized spacial score (nSPS) is 17.9. The van der Waals surface area contributed by atoms with Gasteiger partial charge in [-0.1, -0.05) is 0 Å². The number of halogens is 4. The largest absolute Gasteiger partial charge is 0.493 e. The summed E-state index contributed by atoms with van der Waals surface area (Å²) in [6, 6.07) is 9.57. The molecule has 2 aromatic carbocycles. The molecule has 3 aromatic rings. The lowest BCUT2D eigenvalue weighted by Gasteiger charge is -2.39. The first kappa shape index (κ1) is 37.2. The molecule has 0 fully saturated rings. The number of aliphatic hydroxyl groups is 2. The minimum absolute atomic E-state index is 0.0127. The number of aromatic nitrogens is 1. The zero-order valence-electron chi connectivity index (χ0n) is 27.8. The van der Waals surface area contributed by atoms with Crippen molar-refractivity contribution in [3.63, 3.8) is 0 Å². The Hall–Kier alpha value is -4.63. The van der Waals surface area contributed by atoms with Gasteiger partial charge in [0.05, 0.1) is 37.6 Å². The van der Waals surface area contributed by atoms with E-state index in [1.807, 2.05) is 0 Å². The Morgan fingerprint density at radius 3 is 2.35 bits per heavy atom. The Kier molecular flexibility index (Phi) is 10.7. The van der Waals surface area contributed by atoms with Crippen molar-refractivity contribution in [2.24, 2.45) is 0 Å². The maximum absolute atomic E-state index is 14.9. The molecule has 11 nitrogen and oxygen atoms in total. The lowest BCUT2D eigenvalue weighted by Crippen LogP contribution is -2.52. The molecule has 0 spiro atoms. The van der Waals surface area contributed by atoms with Crippen molar-refractivity contribution in [3.8, 4) is 28.5 Å². The average molecular weight is 694 g/mol. The van der Waals surface area contributed by atoms with Gasteiger partial charge in [0.1, 0.15) is 23.7 Å². The van der Waals surface area contributed by atoms with Crippen LogP contribution in [0.25, 0.3) is 11.3 Å². The first-order valence-corrected chi connectivity index (χ1v) is 15.3. The molecule has 0 saturated carbocycles. The summed E-state index contributed by atoms with van der Waals surface area (Å²) in [6.07, 6.45) is -6.93. The standard InChI is InChI=1S/C34H39F4N3O8/c1-19(42)17-48-24-12-9-21(15-25(24)46-6)29(43)39-18-33(45,34(36,37)38)26-16-23-28(27(40-26)20-7-10-22(35)11-8-20)47-14-13-32(23,5)41-30(44)49-31(2,3)4/h7-12,15-16,19,42,45H,13-14,17-18H2,1-6H3,(H,39,43)(H,41,44)/t19-,32?,33?/m1/s1. The Balaban J connectivity index is 1.78. The Morgan fingerprint density at radius 1 is 1.08 bits per heavy atom. The van der Waals surface area contributed by atoms with E-state index in [0.717, 1.165) is 18.2 Å². The van der Waals surface area contributed by atoms with Gasteiger partial charge in [-0.15, -0.1) is 0 Å². The molecule has 1 aliphatic rings. The molecule has 49 heavy (non-hydrogen) atoms. The molecule has 2 amide bonds. The van der Waals surface area contributed by atoms with Crippen molar-refractivity contribution in [1.82, 2.24) is 15.6 Å². The second-order valence-electron chi connectivity index (χ2n) is 12.9. The van der Waals surface area contributed by atoms with Crippen molar-refractivity contribution < 1.29 is 56.3 Å². The zero-order chi connectivity index (χ0) is 36.4. The van der Waals surface area contributed by atoms with Gasteiger partial charge in [-0.25, -0.2) is 14.2 Å². The van der Waals surface area contributed by atoms with E-state index in [4.69, 9.17) is 18.9 Å². The van der Waals surface area contributed by atoms with Gasteiger partial charge in [-0.2, -0.15) is 13.2 Å². The zero-order valence-corrected chi connectivity index (χ0v) is 27.8. The number of pyridine rings is 1. The summed E-state index contributed by atoms with van der Waals surface area (Å²) in [5, 5.41) is 25.8. The molecular formula is C34H39F4N3O8. The highest BCUT2D eigenvalue weighted by atomic mass is 19.4. The van der Waals surface area contributed by atoms with E-state index >= 15 is 0 Å². The Bertz CT molecular complexity index is 1680. The van der Waals surface area contributed by atoms with Gasteiger partial charge in [-0.05, 0) is 83.1 Å². The summed E-state index contributed by atoms with van der Waals surface area (Å²) in [4.78, 5) is 30.2. The van der Waals surface area contributed by atoms with E-state index in [1.165, 1.54) is 44.4 Å². The number of aliphatic hydroxyl groups excluding tert-OH is 1. The third kappa shape index (κ3) is 8.51. The van der Waals surface area contributed by atoms with Crippen LogP contribution in [-0.2, 0) is 15.9 Å². The van der Waals surface area contributed by atoms with Crippen LogP contribution in [0.1, 0.15) is 62.7 Å².